The second-order valence-corrected chi connectivity index (χ2v) is 6.30. The van der Waals surface area contributed by atoms with E-state index in [-0.39, 0.29) is 5.54 Å². The Balaban J connectivity index is 2.00. The number of aliphatic hydroxyl groups is 1. The SMILES string of the molecule is Cc1ccc2oc(C(O)C3(N(C)C)CCCC3)cc2c1. The van der Waals surface area contributed by atoms with Crippen molar-refractivity contribution in [1.82, 2.24) is 4.90 Å². The molecule has 20 heavy (non-hydrogen) atoms. The van der Waals surface area contributed by atoms with Crippen molar-refractivity contribution >= 4 is 11.0 Å². The monoisotopic (exact) mass is 273 g/mol. The summed E-state index contributed by atoms with van der Waals surface area (Å²) in [6.45, 7) is 2.07. The van der Waals surface area contributed by atoms with Gasteiger partial charge in [0.2, 0.25) is 0 Å². The smallest absolute Gasteiger partial charge is 0.135 e. The molecule has 3 nitrogen and oxygen atoms in total. The van der Waals surface area contributed by atoms with Crippen LogP contribution >= 0.6 is 0 Å². The summed E-state index contributed by atoms with van der Waals surface area (Å²) >= 11 is 0. The molecule has 0 aliphatic heterocycles. The normalized spacial score (nSPS) is 19.9. The Morgan fingerprint density at radius 1 is 1.20 bits per heavy atom. The highest BCUT2D eigenvalue weighted by Gasteiger charge is 2.44. The molecular formula is C17H23NO2. The lowest BCUT2D eigenvalue weighted by molar-refractivity contribution is -0.0163. The molecule has 0 radical (unpaired) electrons. The maximum atomic E-state index is 10.9. The van der Waals surface area contributed by atoms with Crippen LogP contribution < -0.4 is 0 Å². The Morgan fingerprint density at radius 3 is 2.55 bits per heavy atom. The highest BCUT2D eigenvalue weighted by molar-refractivity contribution is 5.78. The van der Waals surface area contributed by atoms with Gasteiger partial charge in [-0.05, 0) is 52.1 Å². The van der Waals surface area contributed by atoms with Crippen molar-refractivity contribution in [2.24, 2.45) is 0 Å². The zero-order valence-corrected chi connectivity index (χ0v) is 12.5. The number of hydrogen-bond donors (Lipinski definition) is 1. The second kappa shape index (κ2) is 4.90. The Labute approximate surface area is 120 Å². The Bertz CT molecular complexity index is 608. The molecule has 1 atom stereocenters. The third kappa shape index (κ3) is 2.05. The van der Waals surface area contributed by atoms with Gasteiger partial charge in [-0.15, -0.1) is 0 Å². The van der Waals surface area contributed by atoms with Crippen LogP contribution in [0.2, 0.25) is 0 Å². The van der Waals surface area contributed by atoms with Crippen molar-refractivity contribution < 1.29 is 9.52 Å². The molecule has 108 valence electrons. The van der Waals surface area contributed by atoms with Gasteiger partial charge in [-0.3, -0.25) is 0 Å². The summed E-state index contributed by atoms with van der Waals surface area (Å²) in [7, 11) is 4.11. The molecule has 0 bridgehead atoms. The Hall–Kier alpha value is -1.32. The van der Waals surface area contributed by atoms with Crippen LogP contribution in [0.4, 0.5) is 0 Å². The van der Waals surface area contributed by atoms with E-state index in [9.17, 15) is 5.11 Å². The topological polar surface area (TPSA) is 36.6 Å². The molecule has 1 aliphatic carbocycles. The van der Waals surface area contributed by atoms with Gasteiger partial charge in [-0.1, -0.05) is 24.5 Å². The van der Waals surface area contributed by atoms with Gasteiger partial charge < -0.3 is 14.4 Å². The van der Waals surface area contributed by atoms with E-state index in [1.165, 1.54) is 18.4 Å². The van der Waals surface area contributed by atoms with Crippen molar-refractivity contribution in [3.8, 4) is 0 Å². The zero-order valence-electron chi connectivity index (χ0n) is 12.5. The number of aliphatic hydroxyl groups excluding tert-OH is 1. The molecule has 2 aromatic rings. The van der Waals surface area contributed by atoms with Gasteiger partial charge in [0, 0.05) is 5.39 Å². The summed E-state index contributed by atoms with van der Waals surface area (Å²) in [6, 6.07) is 8.12. The van der Waals surface area contributed by atoms with E-state index in [4.69, 9.17) is 4.42 Å². The predicted molar refractivity (Wildman–Crippen MR) is 80.8 cm³/mol. The molecule has 0 spiro atoms. The Kier molecular flexibility index (Phi) is 3.35. The second-order valence-electron chi connectivity index (χ2n) is 6.30. The Morgan fingerprint density at radius 2 is 1.90 bits per heavy atom. The van der Waals surface area contributed by atoms with E-state index in [0.717, 1.165) is 23.8 Å². The van der Waals surface area contributed by atoms with Crippen LogP contribution in [0.25, 0.3) is 11.0 Å². The average Bonchev–Trinajstić information content (AvgIpc) is 3.04. The first kappa shape index (κ1) is 13.7. The number of fused-ring (bicyclic) bond motifs is 1. The number of rotatable bonds is 3. The van der Waals surface area contributed by atoms with E-state index in [0.29, 0.717) is 5.76 Å². The van der Waals surface area contributed by atoms with Crippen LogP contribution in [0.1, 0.15) is 43.1 Å². The molecule has 1 fully saturated rings. The molecule has 1 aromatic heterocycles. The van der Waals surface area contributed by atoms with Gasteiger partial charge in [-0.25, -0.2) is 0 Å². The highest BCUT2D eigenvalue weighted by Crippen LogP contribution is 2.44. The van der Waals surface area contributed by atoms with Crippen LogP contribution in [0.15, 0.2) is 28.7 Å². The van der Waals surface area contributed by atoms with Crippen LogP contribution in [-0.2, 0) is 0 Å². The summed E-state index contributed by atoms with van der Waals surface area (Å²) in [5.74, 6) is 0.696. The molecule has 1 N–H and O–H groups in total. The van der Waals surface area contributed by atoms with Crippen molar-refractivity contribution in [2.45, 2.75) is 44.2 Å². The lowest BCUT2D eigenvalue weighted by Crippen LogP contribution is -2.46. The maximum Gasteiger partial charge on any atom is 0.135 e. The molecule has 0 amide bonds. The fourth-order valence-electron chi connectivity index (χ4n) is 3.54. The van der Waals surface area contributed by atoms with E-state index in [1.54, 1.807) is 0 Å². The summed E-state index contributed by atoms with van der Waals surface area (Å²) in [5.41, 5.74) is 1.89. The van der Waals surface area contributed by atoms with E-state index in [1.807, 2.05) is 18.2 Å². The number of hydrogen-bond acceptors (Lipinski definition) is 3. The molecule has 3 rings (SSSR count). The summed E-state index contributed by atoms with van der Waals surface area (Å²) in [4.78, 5) is 2.17. The van der Waals surface area contributed by atoms with E-state index >= 15 is 0 Å². The third-order valence-electron chi connectivity index (χ3n) is 4.83. The molecule has 1 aliphatic rings. The van der Waals surface area contributed by atoms with Gasteiger partial charge in [0.15, 0.2) is 0 Å². The third-order valence-corrected chi connectivity index (χ3v) is 4.83. The largest absolute Gasteiger partial charge is 0.458 e. The predicted octanol–water partition coefficient (Wildman–Crippen LogP) is 3.65. The summed E-state index contributed by atoms with van der Waals surface area (Å²) in [5, 5.41) is 12.0. The van der Waals surface area contributed by atoms with E-state index in [2.05, 4.69) is 32.0 Å². The first-order valence-corrected chi connectivity index (χ1v) is 7.38. The van der Waals surface area contributed by atoms with Gasteiger partial charge in [0.25, 0.3) is 0 Å². The van der Waals surface area contributed by atoms with Crippen LogP contribution in [0, 0.1) is 6.92 Å². The lowest BCUT2D eigenvalue weighted by atomic mass is 9.87. The molecule has 3 heteroatoms. The van der Waals surface area contributed by atoms with Crippen molar-refractivity contribution in [1.29, 1.82) is 0 Å². The minimum absolute atomic E-state index is 0.178. The number of aryl methyl sites for hydroxylation is 1. The number of benzene rings is 1. The number of likely N-dealkylation sites (N-methyl/N-ethyl adjacent to an activating group) is 1. The fourth-order valence-corrected chi connectivity index (χ4v) is 3.54. The van der Waals surface area contributed by atoms with Crippen molar-refractivity contribution in [3.05, 3.63) is 35.6 Å². The lowest BCUT2D eigenvalue weighted by Gasteiger charge is -2.39. The average molecular weight is 273 g/mol. The van der Waals surface area contributed by atoms with Crippen LogP contribution in [-0.4, -0.2) is 29.6 Å². The van der Waals surface area contributed by atoms with Gasteiger partial charge in [0.05, 0.1) is 5.54 Å². The quantitative estimate of drug-likeness (QED) is 0.927. The standard InChI is InChI=1S/C17H23NO2/c1-12-6-7-14-13(10-12)11-15(20-14)16(19)17(18(2)3)8-4-5-9-17/h6-7,10-11,16,19H,4-5,8-9H2,1-3H3. The van der Waals surface area contributed by atoms with Crippen LogP contribution in [0.5, 0.6) is 0 Å². The molecule has 0 saturated heterocycles. The molecule has 1 saturated carbocycles. The number of furan rings is 1. The molecular weight excluding hydrogens is 250 g/mol. The van der Waals surface area contributed by atoms with Gasteiger partial charge >= 0.3 is 0 Å². The van der Waals surface area contributed by atoms with Gasteiger partial charge in [0.1, 0.15) is 17.4 Å². The molecule has 1 heterocycles. The molecule has 1 aromatic carbocycles. The van der Waals surface area contributed by atoms with Crippen molar-refractivity contribution in [3.63, 3.8) is 0 Å². The number of nitrogens with zero attached hydrogens (tertiary/aromatic N) is 1. The van der Waals surface area contributed by atoms with Crippen LogP contribution in [0.3, 0.4) is 0 Å². The fraction of sp³-hybridized carbons (Fsp3) is 0.529. The minimum atomic E-state index is -0.562. The summed E-state index contributed by atoms with van der Waals surface area (Å²) < 4.78 is 5.90. The first-order chi connectivity index (χ1) is 9.53. The zero-order chi connectivity index (χ0) is 14.3. The minimum Gasteiger partial charge on any atom is -0.458 e. The van der Waals surface area contributed by atoms with Gasteiger partial charge in [-0.2, -0.15) is 0 Å². The maximum absolute atomic E-state index is 10.9. The highest BCUT2D eigenvalue weighted by atomic mass is 16.4. The first-order valence-electron chi connectivity index (χ1n) is 7.38. The summed E-state index contributed by atoms with van der Waals surface area (Å²) in [6.07, 6.45) is 3.84. The molecule has 1 unspecified atom stereocenters. The van der Waals surface area contributed by atoms with Crippen molar-refractivity contribution in [2.75, 3.05) is 14.1 Å². The van der Waals surface area contributed by atoms with E-state index < -0.39 is 6.10 Å².